The number of quaternary nitrogens is 1. The zero-order chi connectivity index (χ0) is 20.5. The van der Waals surface area contributed by atoms with Gasteiger partial charge in [-0.3, -0.25) is 0 Å². The summed E-state index contributed by atoms with van der Waals surface area (Å²) in [4.78, 5) is 19.7. The maximum atomic E-state index is 11.2. The van der Waals surface area contributed by atoms with E-state index in [4.69, 9.17) is 16.7 Å². The van der Waals surface area contributed by atoms with Gasteiger partial charge in [-0.1, -0.05) is 35.9 Å². The summed E-state index contributed by atoms with van der Waals surface area (Å²) >= 11 is 10.3. The third-order valence-corrected chi connectivity index (χ3v) is 4.67. The predicted octanol–water partition coefficient (Wildman–Crippen LogP) is 4.68. The lowest BCUT2D eigenvalue weighted by molar-refractivity contribution is 0.0515. The summed E-state index contributed by atoms with van der Waals surface area (Å²) < 4.78 is -1.16. The number of halogens is 1. The number of thiol groups is 1. The van der Waals surface area contributed by atoms with Gasteiger partial charge in [0.1, 0.15) is 18.0 Å². The van der Waals surface area contributed by atoms with E-state index in [9.17, 15) is 10.0 Å². The number of aromatic nitrogens is 2. The van der Waals surface area contributed by atoms with E-state index in [1.807, 2.05) is 32.0 Å². The fourth-order valence-corrected chi connectivity index (χ4v) is 3.25. The Bertz CT molecular complexity index is 1040. The van der Waals surface area contributed by atoms with Crippen LogP contribution in [-0.2, 0) is 0 Å². The van der Waals surface area contributed by atoms with Crippen LogP contribution in [0.1, 0.15) is 21.5 Å². The lowest BCUT2D eigenvalue weighted by Gasteiger charge is -2.22. The topological polar surface area (TPSA) is 95.3 Å². The number of hydrogen-bond acceptors (Lipinski definition) is 6. The van der Waals surface area contributed by atoms with E-state index < -0.39 is 10.1 Å². The quantitative estimate of drug-likeness (QED) is 0.208. The highest BCUT2D eigenvalue weighted by atomic mass is 35.5. The summed E-state index contributed by atoms with van der Waals surface area (Å²) in [5.41, 5.74) is 6.36. The number of aryl methyl sites for hydroxylation is 2. The molecule has 0 amide bonds. The molecule has 3 N–H and O–H groups in total. The molecule has 2 aromatic carbocycles. The molecule has 0 saturated carbocycles. The Morgan fingerprint density at radius 2 is 1.75 bits per heavy atom. The second-order valence-electron chi connectivity index (χ2n) is 6.23. The van der Waals surface area contributed by atoms with Crippen LogP contribution < -0.4 is 9.59 Å². The molecule has 1 aromatic heterocycles. The molecule has 0 spiro atoms. The van der Waals surface area contributed by atoms with Crippen molar-refractivity contribution < 1.29 is 15.1 Å². The van der Waals surface area contributed by atoms with Gasteiger partial charge in [-0.05, 0) is 31.0 Å². The minimum absolute atomic E-state index is 0.00753. The molecule has 1 atom stereocenters. The van der Waals surface area contributed by atoms with Gasteiger partial charge in [-0.2, -0.15) is 10.2 Å². The number of hydrogen-bond donors (Lipinski definition) is 4. The van der Waals surface area contributed by atoms with Crippen molar-refractivity contribution in [2.75, 3.05) is 5.43 Å². The maximum Gasteiger partial charge on any atom is 0.335 e. The van der Waals surface area contributed by atoms with E-state index in [1.165, 1.54) is 24.3 Å². The summed E-state index contributed by atoms with van der Waals surface area (Å²) in [6.07, 6.45) is 0. The third-order valence-electron chi connectivity index (χ3n) is 4.14. The first-order valence-corrected chi connectivity index (χ1v) is 9.03. The fraction of sp³-hybridized carbons (Fsp3) is 0.105. The van der Waals surface area contributed by atoms with E-state index in [0.717, 1.165) is 16.7 Å². The normalized spacial score (nSPS) is 13.0. The molecule has 0 fully saturated rings. The Kier molecular flexibility index (Phi) is 5.57. The van der Waals surface area contributed by atoms with E-state index in [2.05, 4.69) is 28.2 Å². The molecule has 3 aromatic rings. The second-order valence-corrected chi connectivity index (χ2v) is 7.20. The van der Waals surface area contributed by atoms with Crippen molar-refractivity contribution in [1.29, 1.82) is 0 Å². The van der Waals surface area contributed by atoms with Crippen molar-refractivity contribution in [3.63, 3.8) is 0 Å². The Hall–Kier alpha value is -2.65. The summed E-state index contributed by atoms with van der Waals surface area (Å²) in [6, 6.07) is 13.2. The van der Waals surface area contributed by atoms with Gasteiger partial charge < -0.3 is 5.11 Å². The number of carboxylic acid groups (broad SMARTS) is 1. The van der Waals surface area contributed by atoms with E-state index in [1.54, 1.807) is 6.07 Å². The highest BCUT2D eigenvalue weighted by molar-refractivity contribution is 7.79. The van der Waals surface area contributed by atoms with Gasteiger partial charge in [0.25, 0.3) is 5.95 Å². The largest absolute Gasteiger partial charge is 0.478 e. The van der Waals surface area contributed by atoms with Crippen molar-refractivity contribution in [1.82, 2.24) is 14.1 Å². The molecule has 0 saturated heterocycles. The van der Waals surface area contributed by atoms with Crippen LogP contribution in [0.3, 0.4) is 0 Å². The molecule has 1 unspecified atom stereocenters. The minimum Gasteiger partial charge on any atom is -0.478 e. The third kappa shape index (κ3) is 4.26. The molecule has 7 nitrogen and oxygen atoms in total. The molecule has 1 heterocycles. The predicted molar refractivity (Wildman–Crippen MR) is 112 cm³/mol. The van der Waals surface area contributed by atoms with E-state index in [-0.39, 0.29) is 22.4 Å². The Morgan fingerprint density at radius 1 is 1.11 bits per heavy atom. The number of nitrogens with one attached hydrogen (secondary N) is 1. The number of carboxylic acids is 1. The average Bonchev–Trinajstić information content (AvgIpc) is 2.61. The number of rotatable bonds is 5. The lowest BCUT2D eigenvalue weighted by Crippen LogP contribution is -2.42. The monoisotopic (exact) mass is 417 g/mol. The van der Waals surface area contributed by atoms with Crippen LogP contribution in [0.4, 0.5) is 11.6 Å². The van der Waals surface area contributed by atoms with Gasteiger partial charge in [-0.25, -0.2) is 9.78 Å². The van der Waals surface area contributed by atoms with Gasteiger partial charge in [-0.15, -0.1) is 5.43 Å². The summed E-state index contributed by atoms with van der Waals surface area (Å²) in [7, 11) is 0. The van der Waals surface area contributed by atoms with Gasteiger partial charge in [0.15, 0.2) is 0 Å². The van der Waals surface area contributed by atoms with Gasteiger partial charge in [0.05, 0.1) is 11.3 Å². The van der Waals surface area contributed by atoms with Crippen molar-refractivity contribution in [2.45, 2.75) is 13.8 Å². The lowest BCUT2D eigenvalue weighted by atomic mass is 10.00. The molecule has 0 aliphatic carbocycles. The van der Waals surface area contributed by atoms with Crippen LogP contribution >= 0.6 is 24.4 Å². The van der Waals surface area contributed by atoms with Crippen molar-refractivity contribution in [3.8, 4) is 11.3 Å². The number of nitrogens with zero attached hydrogens (tertiary/aromatic N) is 3. The molecule has 0 bridgehead atoms. The fourth-order valence-electron chi connectivity index (χ4n) is 2.85. The van der Waals surface area contributed by atoms with Crippen molar-refractivity contribution in [3.05, 3.63) is 70.4 Å². The average molecular weight is 418 g/mol. The standard InChI is InChI=1S/C19H17ClN4O3S/c1-11-5-3-6-12(2)17(11)15-10-16(20)22-19(21-15)23-24(27,28)14-8-4-7-13(9-14)18(25)26/h3-10,27-28H,1-2H3,(H-,21,22,23,25,26)/p+1. The Labute approximate surface area is 172 Å². The maximum absolute atomic E-state index is 11.2. The molecular formula is C19H18ClN4O3S+. The van der Waals surface area contributed by atoms with Gasteiger partial charge in [0.2, 0.25) is 5.69 Å². The number of aromatic carboxylic acids is 1. The molecular weight excluding hydrogens is 400 g/mol. The zero-order valence-electron chi connectivity index (χ0n) is 15.1. The van der Waals surface area contributed by atoms with Gasteiger partial charge in [0, 0.05) is 27.9 Å². The number of carbonyl (C=O) groups is 1. The van der Waals surface area contributed by atoms with Crippen LogP contribution in [0.25, 0.3) is 11.3 Å². The van der Waals surface area contributed by atoms with E-state index >= 15 is 0 Å². The first-order chi connectivity index (χ1) is 13.2. The van der Waals surface area contributed by atoms with Crippen molar-refractivity contribution in [2.24, 2.45) is 0 Å². The molecule has 9 heteroatoms. The number of benzene rings is 2. The SMILES string of the molecule is Cc1cccc(C)c1-c1cc(Cl)nc(N[N+](O)(S)c2cccc(C(=O)O)c2)n1. The molecule has 0 aliphatic heterocycles. The summed E-state index contributed by atoms with van der Waals surface area (Å²) in [5.74, 6) is -1.09. The van der Waals surface area contributed by atoms with Crippen LogP contribution in [0, 0.1) is 13.8 Å². The first kappa shape index (κ1) is 20.1. The Balaban J connectivity index is 2.00. The summed E-state index contributed by atoms with van der Waals surface area (Å²) in [6.45, 7) is 3.93. The van der Waals surface area contributed by atoms with Crippen LogP contribution in [-0.4, -0.2) is 26.3 Å². The first-order valence-electron chi connectivity index (χ1n) is 8.25. The highest BCUT2D eigenvalue weighted by Crippen LogP contribution is 2.30. The highest BCUT2D eigenvalue weighted by Gasteiger charge is 2.28. The van der Waals surface area contributed by atoms with Crippen LogP contribution in [0.2, 0.25) is 5.15 Å². The molecule has 3 rings (SSSR count). The molecule has 144 valence electrons. The molecule has 28 heavy (non-hydrogen) atoms. The molecule has 0 radical (unpaired) electrons. The van der Waals surface area contributed by atoms with Crippen molar-refractivity contribution >= 4 is 42.0 Å². The number of anilines is 1. The van der Waals surface area contributed by atoms with Crippen LogP contribution in [0.5, 0.6) is 0 Å². The minimum atomic E-state index is -1.16. The zero-order valence-corrected chi connectivity index (χ0v) is 16.7. The molecule has 0 aliphatic rings. The second kappa shape index (κ2) is 7.76. The Morgan fingerprint density at radius 3 is 2.39 bits per heavy atom. The van der Waals surface area contributed by atoms with Gasteiger partial charge >= 0.3 is 5.97 Å². The van der Waals surface area contributed by atoms with Crippen LogP contribution in [0.15, 0.2) is 48.5 Å². The van der Waals surface area contributed by atoms with E-state index in [0.29, 0.717) is 5.69 Å². The smallest absolute Gasteiger partial charge is 0.335 e. The summed E-state index contributed by atoms with van der Waals surface area (Å²) in [5, 5.41) is 20.0.